The number of aliphatic hydroxyl groups is 1. The Labute approximate surface area is 113 Å². The van der Waals surface area contributed by atoms with Crippen molar-refractivity contribution < 1.29 is 14.6 Å². The molecular formula is C12H13N3O3S. The lowest BCUT2D eigenvalue weighted by Gasteiger charge is -2.34. The number of amides is 1. The molecule has 2 aromatic rings. The summed E-state index contributed by atoms with van der Waals surface area (Å²) in [6.07, 6.45) is 0. The topological polar surface area (TPSA) is 75.6 Å². The molecule has 19 heavy (non-hydrogen) atoms. The van der Waals surface area contributed by atoms with Crippen LogP contribution < -0.4 is 0 Å². The zero-order valence-electron chi connectivity index (χ0n) is 10.2. The summed E-state index contributed by atoms with van der Waals surface area (Å²) in [5.74, 6) is -0.0998. The predicted molar refractivity (Wildman–Crippen MR) is 70.1 cm³/mol. The number of aliphatic hydroxyl groups excluding tert-OH is 1. The molecule has 0 radical (unpaired) electrons. The van der Waals surface area contributed by atoms with Crippen molar-refractivity contribution in [1.29, 1.82) is 0 Å². The number of nitrogens with zero attached hydrogens (tertiary/aromatic N) is 3. The Morgan fingerprint density at radius 3 is 3.16 bits per heavy atom. The molecule has 1 aromatic heterocycles. The number of morpholine rings is 1. The van der Waals surface area contributed by atoms with Gasteiger partial charge in [0.1, 0.15) is 11.0 Å². The third kappa shape index (κ3) is 2.32. The van der Waals surface area contributed by atoms with Crippen molar-refractivity contribution in [3.63, 3.8) is 0 Å². The van der Waals surface area contributed by atoms with E-state index in [1.807, 2.05) is 0 Å². The summed E-state index contributed by atoms with van der Waals surface area (Å²) in [4.78, 5) is 14.1. The molecule has 0 spiro atoms. The Hall–Kier alpha value is -1.57. The van der Waals surface area contributed by atoms with Crippen LogP contribution in [0.2, 0.25) is 0 Å². The molecule has 1 aromatic carbocycles. The quantitative estimate of drug-likeness (QED) is 0.867. The van der Waals surface area contributed by atoms with Gasteiger partial charge in [-0.1, -0.05) is 0 Å². The first-order valence-electron chi connectivity index (χ1n) is 6.01. The predicted octanol–water partition coefficient (Wildman–Crippen LogP) is 0.525. The summed E-state index contributed by atoms with van der Waals surface area (Å²) in [6, 6.07) is 5.01. The highest BCUT2D eigenvalue weighted by Gasteiger charge is 2.27. The van der Waals surface area contributed by atoms with E-state index in [-0.39, 0.29) is 18.6 Å². The maximum Gasteiger partial charge on any atom is 0.254 e. The molecule has 0 bridgehead atoms. The second kappa shape index (κ2) is 5.20. The SMILES string of the molecule is O=C(c1ccc2nsnc2c1)N1CCOC[C@@H]1CO. The highest BCUT2D eigenvalue weighted by atomic mass is 32.1. The molecule has 1 saturated heterocycles. The highest BCUT2D eigenvalue weighted by molar-refractivity contribution is 7.00. The maximum atomic E-state index is 12.4. The van der Waals surface area contributed by atoms with Crippen molar-refractivity contribution in [2.45, 2.75) is 6.04 Å². The lowest BCUT2D eigenvalue weighted by Crippen LogP contribution is -2.50. The largest absolute Gasteiger partial charge is 0.394 e. The van der Waals surface area contributed by atoms with Crippen molar-refractivity contribution in [2.75, 3.05) is 26.4 Å². The van der Waals surface area contributed by atoms with Crippen molar-refractivity contribution in [2.24, 2.45) is 0 Å². The van der Waals surface area contributed by atoms with Gasteiger partial charge in [0, 0.05) is 12.1 Å². The van der Waals surface area contributed by atoms with E-state index in [4.69, 9.17) is 4.74 Å². The van der Waals surface area contributed by atoms with Gasteiger partial charge in [0.15, 0.2) is 0 Å². The molecule has 3 rings (SSSR count). The number of carbonyl (C=O) groups excluding carboxylic acids is 1. The molecule has 0 saturated carbocycles. The number of hydrogen-bond acceptors (Lipinski definition) is 6. The number of benzene rings is 1. The van der Waals surface area contributed by atoms with Gasteiger partial charge in [-0.05, 0) is 18.2 Å². The van der Waals surface area contributed by atoms with E-state index in [1.165, 1.54) is 0 Å². The molecule has 1 aliphatic heterocycles. The molecule has 2 heterocycles. The number of ether oxygens (including phenoxy) is 1. The normalized spacial score (nSPS) is 19.8. The third-order valence-electron chi connectivity index (χ3n) is 3.20. The molecule has 100 valence electrons. The van der Waals surface area contributed by atoms with Gasteiger partial charge in [0.25, 0.3) is 5.91 Å². The Morgan fingerprint density at radius 1 is 1.47 bits per heavy atom. The Kier molecular flexibility index (Phi) is 3.41. The summed E-state index contributed by atoms with van der Waals surface area (Å²) in [5, 5.41) is 9.30. The van der Waals surface area contributed by atoms with Crippen LogP contribution in [-0.4, -0.2) is 57.1 Å². The second-order valence-electron chi connectivity index (χ2n) is 4.38. The molecular weight excluding hydrogens is 266 g/mol. The molecule has 1 aliphatic rings. The number of aromatic nitrogens is 2. The maximum absolute atomic E-state index is 12.4. The van der Waals surface area contributed by atoms with Crippen molar-refractivity contribution >= 4 is 28.7 Å². The zero-order valence-corrected chi connectivity index (χ0v) is 11.0. The fourth-order valence-corrected chi connectivity index (χ4v) is 2.67. The average Bonchev–Trinajstić information content (AvgIpc) is 2.93. The standard InChI is InChI=1S/C12H13N3O3S/c16-6-9-7-18-4-3-15(9)12(17)8-1-2-10-11(5-8)14-19-13-10/h1-2,5,9,16H,3-4,6-7H2/t9-/m0/s1. The number of hydrogen-bond donors (Lipinski definition) is 1. The number of rotatable bonds is 2. The van der Waals surface area contributed by atoms with Crippen LogP contribution in [0.5, 0.6) is 0 Å². The van der Waals surface area contributed by atoms with Gasteiger partial charge in [-0.2, -0.15) is 8.75 Å². The Bertz CT molecular complexity index is 601. The summed E-state index contributed by atoms with van der Waals surface area (Å²) >= 11 is 1.13. The molecule has 6 nitrogen and oxygen atoms in total. The van der Waals surface area contributed by atoms with Crippen LogP contribution in [0.1, 0.15) is 10.4 Å². The third-order valence-corrected chi connectivity index (χ3v) is 3.76. The van der Waals surface area contributed by atoms with Crippen LogP contribution in [0.3, 0.4) is 0 Å². The van der Waals surface area contributed by atoms with E-state index in [9.17, 15) is 9.90 Å². The van der Waals surface area contributed by atoms with Crippen LogP contribution in [0, 0.1) is 0 Å². The first-order valence-corrected chi connectivity index (χ1v) is 6.74. The van der Waals surface area contributed by atoms with E-state index in [2.05, 4.69) is 8.75 Å². The van der Waals surface area contributed by atoms with Gasteiger partial charge in [-0.25, -0.2) is 0 Å². The van der Waals surface area contributed by atoms with Crippen LogP contribution in [0.4, 0.5) is 0 Å². The van der Waals surface area contributed by atoms with Crippen molar-refractivity contribution in [3.05, 3.63) is 23.8 Å². The fourth-order valence-electron chi connectivity index (χ4n) is 2.15. The smallest absolute Gasteiger partial charge is 0.254 e. The van der Waals surface area contributed by atoms with E-state index in [0.29, 0.717) is 25.3 Å². The van der Waals surface area contributed by atoms with Gasteiger partial charge < -0.3 is 14.7 Å². The van der Waals surface area contributed by atoms with E-state index < -0.39 is 0 Å². The molecule has 0 aliphatic carbocycles. The van der Waals surface area contributed by atoms with E-state index in [1.54, 1.807) is 23.1 Å². The summed E-state index contributed by atoms with van der Waals surface area (Å²) < 4.78 is 13.5. The molecule has 7 heteroatoms. The fraction of sp³-hybridized carbons (Fsp3) is 0.417. The van der Waals surface area contributed by atoms with Gasteiger partial charge in [0.2, 0.25) is 0 Å². The number of carbonyl (C=O) groups is 1. The zero-order chi connectivity index (χ0) is 13.2. The van der Waals surface area contributed by atoms with Crippen LogP contribution in [-0.2, 0) is 4.74 Å². The second-order valence-corrected chi connectivity index (χ2v) is 4.91. The van der Waals surface area contributed by atoms with Gasteiger partial charge in [-0.15, -0.1) is 0 Å². The van der Waals surface area contributed by atoms with Crippen LogP contribution in [0.15, 0.2) is 18.2 Å². The van der Waals surface area contributed by atoms with Crippen molar-refractivity contribution in [1.82, 2.24) is 13.6 Å². The first-order chi connectivity index (χ1) is 9.29. The number of fused-ring (bicyclic) bond motifs is 1. The monoisotopic (exact) mass is 279 g/mol. The minimum atomic E-state index is -0.273. The minimum Gasteiger partial charge on any atom is -0.394 e. The minimum absolute atomic E-state index is 0.0910. The van der Waals surface area contributed by atoms with Crippen LogP contribution >= 0.6 is 11.7 Å². The van der Waals surface area contributed by atoms with Gasteiger partial charge in [-0.3, -0.25) is 4.79 Å². The lowest BCUT2D eigenvalue weighted by molar-refractivity contribution is -0.0183. The molecule has 1 amide bonds. The molecule has 0 unspecified atom stereocenters. The molecule has 1 N–H and O–H groups in total. The van der Waals surface area contributed by atoms with Crippen LogP contribution in [0.25, 0.3) is 11.0 Å². The molecule has 1 fully saturated rings. The average molecular weight is 279 g/mol. The van der Waals surface area contributed by atoms with E-state index in [0.717, 1.165) is 22.8 Å². The van der Waals surface area contributed by atoms with Gasteiger partial charge in [0.05, 0.1) is 37.6 Å². The Morgan fingerprint density at radius 2 is 2.32 bits per heavy atom. The Balaban J connectivity index is 1.89. The molecule has 1 atom stereocenters. The van der Waals surface area contributed by atoms with E-state index >= 15 is 0 Å². The summed E-state index contributed by atoms with van der Waals surface area (Å²) in [6.45, 7) is 1.29. The van der Waals surface area contributed by atoms with Crippen molar-refractivity contribution in [3.8, 4) is 0 Å². The van der Waals surface area contributed by atoms with Gasteiger partial charge >= 0.3 is 0 Å². The summed E-state index contributed by atoms with van der Waals surface area (Å²) in [7, 11) is 0. The summed E-state index contributed by atoms with van der Waals surface area (Å²) in [5.41, 5.74) is 2.09. The lowest BCUT2D eigenvalue weighted by atomic mass is 10.1. The highest BCUT2D eigenvalue weighted by Crippen LogP contribution is 2.17. The first kappa shape index (κ1) is 12.5.